The lowest BCUT2D eigenvalue weighted by Crippen LogP contribution is -2.47. The predicted octanol–water partition coefficient (Wildman–Crippen LogP) is 4.75. The molecule has 4 aromatic rings. The molecule has 3 aromatic heterocycles. The fraction of sp³-hybridized carbons (Fsp3) is 0.273. The molecule has 1 fully saturated rings. The molecule has 0 bridgehead atoms. The first-order valence-corrected chi connectivity index (χ1v) is 11.1. The van der Waals surface area contributed by atoms with Crippen LogP contribution in [-0.4, -0.2) is 46.1 Å². The van der Waals surface area contributed by atoms with Crippen molar-refractivity contribution in [3.63, 3.8) is 0 Å². The van der Waals surface area contributed by atoms with E-state index in [1.807, 2.05) is 6.07 Å². The minimum absolute atomic E-state index is 0.292. The fourth-order valence-corrected chi connectivity index (χ4v) is 5.16. The first kappa shape index (κ1) is 19.2. The second-order valence-corrected chi connectivity index (χ2v) is 8.68. The summed E-state index contributed by atoms with van der Waals surface area (Å²) < 4.78 is 0. The zero-order valence-electron chi connectivity index (χ0n) is 16.8. The first-order valence-electron chi connectivity index (χ1n) is 9.89. The third-order valence-electron chi connectivity index (χ3n) is 5.47. The molecule has 0 amide bonds. The maximum Gasteiger partial charge on any atom is 0.225 e. The Morgan fingerprint density at radius 2 is 1.67 bits per heavy atom. The van der Waals surface area contributed by atoms with Crippen LogP contribution >= 0.6 is 22.9 Å². The molecule has 5 rings (SSSR count). The molecule has 0 spiro atoms. The Kier molecular flexibility index (Phi) is 5.00. The molecule has 1 aliphatic rings. The molecule has 30 heavy (non-hydrogen) atoms. The smallest absolute Gasteiger partial charge is 0.225 e. The molecule has 0 atom stereocenters. The van der Waals surface area contributed by atoms with Crippen molar-refractivity contribution < 1.29 is 0 Å². The van der Waals surface area contributed by atoms with Crippen molar-refractivity contribution in [2.45, 2.75) is 13.8 Å². The Balaban J connectivity index is 1.52. The van der Waals surface area contributed by atoms with E-state index >= 15 is 0 Å². The van der Waals surface area contributed by atoms with Crippen molar-refractivity contribution in [2.75, 3.05) is 36.0 Å². The normalized spacial score (nSPS) is 14.5. The van der Waals surface area contributed by atoms with Gasteiger partial charge in [-0.25, -0.2) is 15.0 Å². The van der Waals surface area contributed by atoms with Gasteiger partial charge in [0.25, 0.3) is 0 Å². The molecular weight excluding hydrogens is 416 g/mol. The number of hydrogen-bond donors (Lipinski definition) is 0. The molecule has 0 saturated carbocycles. The van der Waals surface area contributed by atoms with Gasteiger partial charge in [0.05, 0.1) is 5.39 Å². The molecule has 152 valence electrons. The van der Waals surface area contributed by atoms with Gasteiger partial charge in [-0.1, -0.05) is 23.8 Å². The number of benzene rings is 1. The Bertz CT molecular complexity index is 1200. The second kappa shape index (κ2) is 7.81. The zero-order valence-corrected chi connectivity index (χ0v) is 18.4. The fourth-order valence-electron chi connectivity index (χ4n) is 4.01. The maximum atomic E-state index is 6.30. The molecule has 1 aromatic carbocycles. The number of anilines is 2. The topological polar surface area (TPSA) is 58.0 Å². The zero-order chi connectivity index (χ0) is 20.7. The number of halogens is 1. The lowest BCUT2D eigenvalue weighted by molar-refractivity contribution is 0.636. The molecule has 8 heteroatoms. The number of fused-ring (bicyclic) bond motifs is 1. The van der Waals surface area contributed by atoms with Crippen LogP contribution in [0.5, 0.6) is 0 Å². The number of thiophene rings is 1. The van der Waals surface area contributed by atoms with E-state index in [1.54, 1.807) is 23.7 Å². The minimum Gasteiger partial charge on any atom is -0.352 e. The van der Waals surface area contributed by atoms with Gasteiger partial charge in [0.2, 0.25) is 11.2 Å². The van der Waals surface area contributed by atoms with E-state index in [2.05, 4.69) is 67.2 Å². The summed E-state index contributed by atoms with van der Waals surface area (Å²) in [5, 5.41) is 3.55. The Morgan fingerprint density at radius 3 is 2.40 bits per heavy atom. The Morgan fingerprint density at radius 1 is 0.933 bits per heavy atom. The number of aromatic nitrogens is 4. The first-order chi connectivity index (χ1) is 14.6. The summed E-state index contributed by atoms with van der Waals surface area (Å²) in [7, 11) is 0. The van der Waals surface area contributed by atoms with E-state index in [-0.39, 0.29) is 0 Å². The van der Waals surface area contributed by atoms with E-state index in [4.69, 9.17) is 11.6 Å². The van der Waals surface area contributed by atoms with E-state index in [0.29, 0.717) is 5.28 Å². The Labute approximate surface area is 184 Å². The SMILES string of the molecule is Cc1ccc(-c2csc3nc(Cl)nc(N4CCN(c5ncccn5)CC4)c23)c(C)c1. The van der Waals surface area contributed by atoms with Crippen LogP contribution in [0.1, 0.15) is 11.1 Å². The van der Waals surface area contributed by atoms with E-state index < -0.39 is 0 Å². The quantitative estimate of drug-likeness (QED) is 0.432. The molecule has 0 aliphatic carbocycles. The number of hydrogen-bond acceptors (Lipinski definition) is 7. The third-order valence-corrected chi connectivity index (χ3v) is 6.51. The molecule has 1 saturated heterocycles. The summed E-state index contributed by atoms with van der Waals surface area (Å²) in [5.74, 6) is 1.68. The highest BCUT2D eigenvalue weighted by molar-refractivity contribution is 7.17. The number of piperazine rings is 1. The van der Waals surface area contributed by atoms with Crippen LogP contribution in [0.4, 0.5) is 11.8 Å². The van der Waals surface area contributed by atoms with Crippen molar-refractivity contribution in [2.24, 2.45) is 0 Å². The molecule has 0 radical (unpaired) electrons. The van der Waals surface area contributed by atoms with E-state index in [9.17, 15) is 0 Å². The molecule has 0 N–H and O–H groups in total. The van der Waals surface area contributed by atoms with Crippen molar-refractivity contribution in [1.29, 1.82) is 0 Å². The van der Waals surface area contributed by atoms with Crippen LogP contribution in [0.2, 0.25) is 5.28 Å². The number of rotatable bonds is 3. The van der Waals surface area contributed by atoms with Gasteiger partial charge in [0, 0.05) is 49.5 Å². The summed E-state index contributed by atoms with van der Waals surface area (Å²) in [6.07, 6.45) is 3.56. The van der Waals surface area contributed by atoms with Crippen molar-refractivity contribution in [1.82, 2.24) is 19.9 Å². The summed E-state index contributed by atoms with van der Waals surface area (Å²) >= 11 is 7.92. The van der Waals surface area contributed by atoms with Crippen molar-refractivity contribution >= 4 is 44.9 Å². The van der Waals surface area contributed by atoms with Crippen LogP contribution in [0.15, 0.2) is 42.0 Å². The summed E-state index contributed by atoms with van der Waals surface area (Å²) in [4.78, 5) is 23.4. The average Bonchev–Trinajstić information content (AvgIpc) is 3.17. The summed E-state index contributed by atoms with van der Waals surface area (Å²) in [5.41, 5.74) is 4.90. The lowest BCUT2D eigenvalue weighted by atomic mass is 9.99. The summed E-state index contributed by atoms with van der Waals surface area (Å²) in [6.45, 7) is 7.58. The summed E-state index contributed by atoms with van der Waals surface area (Å²) in [6, 6.07) is 8.40. The highest BCUT2D eigenvalue weighted by Gasteiger charge is 2.24. The van der Waals surface area contributed by atoms with Gasteiger partial charge in [0.15, 0.2) is 0 Å². The van der Waals surface area contributed by atoms with Crippen molar-refractivity contribution in [3.05, 3.63) is 58.4 Å². The van der Waals surface area contributed by atoms with Gasteiger partial charge in [-0.15, -0.1) is 11.3 Å². The van der Waals surface area contributed by atoms with Crippen LogP contribution in [0, 0.1) is 13.8 Å². The van der Waals surface area contributed by atoms with Gasteiger partial charge in [-0.05, 0) is 42.6 Å². The largest absolute Gasteiger partial charge is 0.352 e. The third kappa shape index (κ3) is 3.48. The molecule has 0 unspecified atom stereocenters. The predicted molar refractivity (Wildman–Crippen MR) is 124 cm³/mol. The molecule has 4 heterocycles. The highest BCUT2D eigenvalue weighted by Crippen LogP contribution is 2.40. The van der Waals surface area contributed by atoms with Gasteiger partial charge >= 0.3 is 0 Å². The van der Waals surface area contributed by atoms with Crippen LogP contribution in [-0.2, 0) is 0 Å². The van der Waals surface area contributed by atoms with Crippen LogP contribution in [0.25, 0.3) is 21.3 Å². The minimum atomic E-state index is 0.292. The Hall–Kier alpha value is -2.77. The number of aryl methyl sites for hydroxylation is 2. The van der Waals surface area contributed by atoms with Gasteiger partial charge in [-0.3, -0.25) is 0 Å². The monoisotopic (exact) mass is 436 g/mol. The van der Waals surface area contributed by atoms with E-state index in [1.165, 1.54) is 22.3 Å². The van der Waals surface area contributed by atoms with Gasteiger partial charge in [0.1, 0.15) is 10.6 Å². The van der Waals surface area contributed by atoms with Crippen LogP contribution in [0.3, 0.4) is 0 Å². The van der Waals surface area contributed by atoms with E-state index in [0.717, 1.165) is 48.2 Å². The van der Waals surface area contributed by atoms with Gasteiger partial charge < -0.3 is 9.80 Å². The maximum absolute atomic E-state index is 6.30. The average molecular weight is 437 g/mol. The van der Waals surface area contributed by atoms with Gasteiger partial charge in [-0.2, -0.15) is 4.98 Å². The molecule has 6 nitrogen and oxygen atoms in total. The molecule has 1 aliphatic heterocycles. The highest BCUT2D eigenvalue weighted by atomic mass is 35.5. The number of nitrogens with zero attached hydrogens (tertiary/aromatic N) is 6. The lowest BCUT2D eigenvalue weighted by Gasteiger charge is -2.35. The second-order valence-electron chi connectivity index (χ2n) is 7.49. The standard InChI is InChI=1S/C22H21ClN6S/c1-14-4-5-16(15(2)12-14)17-13-30-20-18(17)19(26-21(23)27-20)28-8-10-29(11-9-28)22-24-6-3-7-25-22/h3-7,12-13H,8-11H2,1-2H3. The van der Waals surface area contributed by atoms with Crippen molar-refractivity contribution in [3.8, 4) is 11.1 Å². The van der Waals surface area contributed by atoms with Crippen LogP contribution < -0.4 is 9.80 Å². The molecular formula is C22H21ClN6S.